The average molecular weight is 319 g/mol. The summed E-state index contributed by atoms with van der Waals surface area (Å²) in [7, 11) is 0. The summed E-state index contributed by atoms with van der Waals surface area (Å²) in [6, 6.07) is 18.5. The first-order valence-electron chi connectivity index (χ1n) is 8.09. The van der Waals surface area contributed by atoms with E-state index < -0.39 is 0 Å². The maximum atomic E-state index is 12.7. The maximum absolute atomic E-state index is 12.7. The van der Waals surface area contributed by atoms with Gasteiger partial charge < -0.3 is 9.32 Å². The number of nitrogens with zero attached hydrogens (tertiary/aromatic N) is 1. The largest absolute Gasteiger partial charge is 0.451 e. The molecule has 0 saturated carbocycles. The molecule has 1 atom stereocenters. The highest BCUT2D eigenvalue weighted by Gasteiger charge is 2.29. The van der Waals surface area contributed by atoms with Crippen molar-refractivity contribution in [3.63, 3.8) is 0 Å². The lowest BCUT2D eigenvalue weighted by Gasteiger charge is -2.16. The van der Waals surface area contributed by atoms with Gasteiger partial charge in [-0.1, -0.05) is 42.5 Å². The van der Waals surface area contributed by atoms with E-state index in [-0.39, 0.29) is 17.1 Å². The van der Waals surface area contributed by atoms with E-state index in [0.717, 1.165) is 6.42 Å². The smallest absolute Gasteiger partial charge is 0.289 e. The van der Waals surface area contributed by atoms with E-state index in [1.807, 2.05) is 18.2 Å². The second kappa shape index (κ2) is 5.96. The zero-order chi connectivity index (χ0) is 16.5. The number of hydrogen-bond acceptors (Lipinski definition) is 3. The van der Waals surface area contributed by atoms with Gasteiger partial charge in [0.15, 0.2) is 11.2 Å². The van der Waals surface area contributed by atoms with Crippen LogP contribution in [0.4, 0.5) is 0 Å². The van der Waals surface area contributed by atoms with Crippen molar-refractivity contribution in [1.82, 2.24) is 4.90 Å². The maximum Gasteiger partial charge on any atom is 0.289 e. The van der Waals surface area contributed by atoms with E-state index in [1.165, 1.54) is 11.6 Å². The van der Waals surface area contributed by atoms with Crippen LogP contribution in [0.1, 0.15) is 28.5 Å². The summed E-state index contributed by atoms with van der Waals surface area (Å²) >= 11 is 0. The Morgan fingerprint density at radius 1 is 1.04 bits per heavy atom. The van der Waals surface area contributed by atoms with Gasteiger partial charge in [-0.05, 0) is 24.1 Å². The number of hydrogen-bond donors (Lipinski definition) is 0. The lowest BCUT2D eigenvalue weighted by atomic mass is 9.99. The van der Waals surface area contributed by atoms with Crippen LogP contribution in [0, 0.1) is 0 Å². The molecule has 4 heteroatoms. The molecule has 120 valence electrons. The number of amides is 1. The lowest BCUT2D eigenvalue weighted by Crippen LogP contribution is -2.29. The van der Waals surface area contributed by atoms with Crippen LogP contribution in [0.5, 0.6) is 0 Å². The molecule has 0 aliphatic carbocycles. The van der Waals surface area contributed by atoms with E-state index in [2.05, 4.69) is 12.1 Å². The SMILES string of the molecule is O=C(c1cc(=O)c2ccccc2o1)N1CC[C@@H](c2ccccc2)C1. The Hall–Kier alpha value is -2.88. The molecule has 1 aliphatic heterocycles. The Balaban J connectivity index is 1.60. The fourth-order valence-electron chi connectivity index (χ4n) is 3.31. The third kappa shape index (κ3) is 2.60. The van der Waals surface area contributed by atoms with Crippen molar-refractivity contribution in [3.8, 4) is 0 Å². The second-order valence-corrected chi connectivity index (χ2v) is 6.12. The van der Waals surface area contributed by atoms with E-state index in [0.29, 0.717) is 30.0 Å². The van der Waals surface area contributed by atoms with Crippen LogP contribution < -0.4 is 5.43 Å². The summed E-state index contributed by atoms with van der Waals surface area (Å²) in [5.74, 6) is 0.242. The van der Waals surface area contributed by atoms with Crippen LogP contribution in [-0.2, 0) is 0 Å². The zero-order valence-corrected chi connectivity index (χ0v) is 13.1. The number of likely N-dealkylation sites (tertiary alicyclic amines) is 1. The first-order chi connectivity index (χ1) is 11.7. The second-order valence-electron chi connectivity index (χ2n) is 6.12. The average Bonchev–Trinajstić information content (AvgIpc) is 3.12. The fourth-order valence-corrected chi connectivity index (χ4v) is 3.31. The Bertz CT molecular complexity index is 946. The van der Waals surface area contributed by atoms with E-state index in [9.17, 15) is 9.59 Å². The molecular weight excluding hydrogens is 302 g/mol. The molecule has 0 unspecified atom stereocenters. The van der Waals surface area contributed by atoms with Crippen LogP contribution in [0.3, 0.4) is 0 Å². The Labute approximate surface area is 139 Å². The van der Waals surface area contributed by atoms with Gasteiger partial charge in [0, 0.05) is 25.1 Å². The van der Waals surface area contributed by atoms with Gasteiger partial charge in [0.2, 0.25) is 0 Å². The van der Waals surface area contributed by atoms with Gasteiger partial charge in [0.05, 0.1) is 5.39 Å². The Morgan fingerprint density at radius 3 is 2.62 bits per heavy atom. The summed E-state index contributed by atoms with van der Waals surface area (Å²) in [4.78, 5) is 26.7. The van der Waals surface area contributed by atoms with Crippen LogP contribution in [0.2, 0.25) is 0 Å². The van der Waals surface area contributed by atoms with Crippen LogP contribution >= 0.6 is 0 Å². The topological polar surface area (TPSA) is 50.5 Å². The summed E-state index contributed by atoms with van der Waals surface area (Å²) in [6.45, 7) is 1.33. The fraction of sp³-hybridized carbons (Fsp3) is 0.200. The standard InChI is InChI=1S/C20H17NO3/c22-17-12-19(24-18-9-5-4-8-16(17)18)20(23)21-11-10-15(13-21)14-6-2-1-3-7-14/h1-9,12,15H,10-11,13H2/t15-/m1/s1. The van der Waals surface area contributed by atoms with Gasteiger partial charge in [-0.15, -0.1) is 0 Å². The van der Waals surface area contributed by atoms with E-state index in [4.69, 9.17) is 4.42 Å². The third-order valence-electron chi connectivity index (χ3n) is 4.59. The van der Waals surface area contributed by atoms with Crippen LogP contribution in [0.25, 0.3) is 11.0 Å². The van der Waals surface area contributed by atoms with Crippen molar-refractivity contribution in [2.24, 2.45) is 0 Å². The van der Waals surface area contributed by atoms with Crippen LogP contribution in [-0.4, -0.2) is 23.9 Å². The summed E-state index contributed by atoms with van der Waals surface area (Å²) < 4.78 is 5.67. The number of fused-ring (bicyclic) bond motifs is 1. The zero-order valence-electron chi connectivity index (χ0n) is 13.1. The lowest BCUT2D eigenvalue weighted by molar-refractivity contribution is 0.0760. The number of benzene rings is 2. The van der Waals surface area contributed by atoms with E-state index in [1.54, 1.807) is 29.2 Å². The molecule has 0 radical (unpaired) electrons. The molecule has 2 heterocycles. The van der Waals surface area contributed by atoms with Crippen molar-refractivity contribution >= 4 is 16.9 Å². The predicted octanol–water partition coefficient (Wildman–Crippen LogP) is 3.42. The molecule has 1 saturated heterocycles. The number of rotatable bonds is 2. The Kier molecular flexibility index (Phi) is 3.65. The van der Waals surface area contributed by atoms with Gasteiger partial charge in [0.25, 0.3) is 5.91 Å². The first-order valence-corrected chi connectivity index (χ1v) is 8.09. The monoisotopic (exact) mass is 319 g/mol. The van der Waals surface area contributed by atoms with Gasteiger partial charge >= 0.3 is 0 Å². The number of carbonyl (C=O) groups excluding carboxylic acids is 1. The molecule has 4 rings (SSSR count). The van der Waals surface area contributed by atoms with Gasteiger partial charge in [-0.25, -0.2) is 0 Å². The van der Waals surface area contributed by atoms with Crippen molar-refractivity contribution in [3.05, 3.63) is 82.2 Å². The van der Waals surface area contributed by atoms with Gasteiger partial charge in [-0.3, -0.25) is 9.59 Å². The van der Waals surface area contributed by atoms with Crippen LogP contribution in [0.15, 0.2) is 69.9 Å². The van der Waals surface area contributed by atoms with Crippen molar-refractivity contribution < 1.29 is 9.21 Å². The summed E-state index contributed by atoms with van der Waals surface area (Å²) in [5, 5.41) is 0.498. The molecule has 1 fully saturated rings. The molecule has 3 aromatic rings. The van der Waals surface area contributed by atoms with Crippen molar-refractivity contribution in [2.45, 2.75) is 12.3 Å². The Morgan fingerprint density at radius 2 is 1.79 bits per heavy atom. The quantitative estimate of drug-likeness (QED) is 0.727. The minimum atomic E-state index is -0.212. The minimum absolute atomic E-state index is 0.118. The highest BCUT2D eigenvalue weighted by molar-refractivity contribution is 5.93. The van der Waals surface area contributed by atoms with Gasteiger partial charge in [-0.2, -0.15) is 0 Å². The molecule has 0 bridgehead atoms. The number of carbonyl (C=O) groups is 1. The van der Waals surface area contributed by atoms with Crippen molar-refractivity contribution in [1.29, 1.82) is 0 Å². The molecule has 0 N–H and O–H groups in total. The molecule has 0 spiro atoms. The first kappa shape index (κ1) is 14.7. The van der Waals surface area contributed by atoms with Crippen molar-refractivity contribution in [2.75, 3.05) is 13.1 Å². The molecule has 1 amide bonds. The van der Waals surface area contributed by atoms with Gasteiger partial charge in [0.1, 0.15) is 5.58 Å². The predicted molar refractivity (Wildman–Crippen MR) is 92.2 cm³/mol. The number of para-hydroxylation sites is 1. The molecule has 24 heavy (non-hydrogen) atoms. The molecule has 2 aromatic carbocycles. The highest BCUT2D eigenvalue weighted by atomic mass is 16.3. The molecular formula is C20H17NO3. The molecule has 4 nitrogen and oxygen atoms in total. The summed E-state index contributed by atoms with van der Waals surface area (Å²) in [6.07, 6.45) is 0.924. The third-order valence-corrected chi connectivity index (χ3v) is 4.59. The van der Waals surface area contributed by atoms with E-state index >= 15 is 0 Å². The highest BCUT2D eigenvalue weighted by Crippen LogP contribution is 2.28. The minimum Gasteiger partial charge on any atom is -0.451 e. The summed E-state index contributed by atoms with van der Waals surface area (Å²) in [5.41, 5.74) is 1.51. The molecule has 1 aliphatic rings. The normalized spacial score (nSPS) is 17.3. The molecule has 1 aromatic heterocycles.